The zero-order valence-corrected chi connectivity index (χ0v) is 20.6. The molecule has 0 saturated heterocycles. The average Bonchev–Trinajstić information content (AvgIpc) is 2.99. The van der Waals surface area contributed by atoms with Gasteiger partial charge < -0.3 is 5.11 Å². The van der Waals surface area contributed by atoms with Crippen LogP contribution in [0.3, 0.4) is 0 Å². The summed E-state index contributed by atoms with van der Waals surface area (Å²) < 4.78 is 0. The molecule has 4 saturated carbocycles. The Balaban J connectivity index is 1.53. The molecular formula is C27H47ClO. The van der Waals surface area contributed by atoms with Gasteiger partial charge in [-0.1, -0.05) is 53.4 Å². The number of rotatable bonds is 5. The summed E-state index contributed by atoms with van der Waals surface area (Å²) in [5.41, 5.74) is 0.772. The Morgan fingerprint density at radius 2 is 1.69 bits per heavy atom. The number of hydrogen-bond donors (Lipinski definition) is 1. The zero-order chi connectivity index (χ0) is 21.0. The Morgan fingerprint density at radius 1 is 0.966 bits per heavy atom. The molecule has 0 aromatic carbocycles. The fourth-order valence-corrected chi connectivity index (χ4v) is 9.87. The largest absolute Gasteiger partial charge is 0.393 e. The summed E-state index contributed by atoms with van der Waals surface area (Å²) in [6, 6.07) is 0. The molecular weight excluding hydrogens is 376 g/mol. The van der Waals surface area contributed by atoms with E-state index in [0.29, 0.717) is 22.7 Å². The van der Waals surface area contributed by atoms with Gasteiger partial charge in [0.25, 0.3) is 0 Å². The Labute approximate surface area is 185 Å². The maximum Gasteiger partial charge on any atom is 0.0576 e. The van der Waals surface area contributed by atoms with Gasteiger partial charge in [-0.15, -0.1) is 11.6 Å². The van der Waals surface area contributed by atoms with Gasteiger partial charge in [0.15, 0.2) is 0 Å². The molecule has 0 amide bonds. The second-order valence-electron chi connectivity index (χ2n) is 12.8. The van der Waals surface area contributed by atoms with Crippen LogP contribution in [0.4, 0.5) is 0 Å². The van der Waals surface area contributed by atoms with Gasteiger partial charge in [0, 0.05) is 4.87 Å². The lowest BCUT2D eigenvalue weighted by atomic mass is 9.44. The summed E-state index contributed by atoms with van der Waals surface area (Å²) in [7, 11) is 0. The molecule has 1 unspecified atom stereocenters. The van der Waals surface area contributed by atoms with E-state index in [0.717, 1.165) is 36.5 Å². The highest BCUT2D eigenvalue weighted by atomic mass is 35.5. The molecule has 2 heteroatoms. The first-order valence-corrected chi connectivity index (χ1v) is 13.3. The van der Waals surface area contributed by atoms with Crippen molar-refractivity contribution in [2.75, 3.05) is 0 Å². The second kappa shape index (κ2) is 7.99. The number of fused-ring (bicyclic) bond motifs is 5. The van der Waals surface area contributed by atoms with Crippen LogP contribution < -0.4 is 0 Å². The molecule has 9 atom stereocenters. The van der Waals surface area contributed by atoms with Crippen molar-refractivity contribution in [3.63, 3.8) is 0 Å². The van der Waals surface area contributed by atoms with Gasteiger partial charge in [-0.05, 0) is 105 Å². The molecule has 1 nitrogen and oxygen atoms in total. The number of hydrogen-bond acceptors (Lipinski definition) is 1. The first-order valence-electron chi connectivity index (χ1n) is 13.0. The van der Waals surface area contributed by atoms with Crippen molar-refractivity contribution >= 4 is 11.6 Å². The predicted octanol–water partition coefficient (Wildman–Crippen LogP) is 7.83. The topological polar surface area (TPSA) is 20.2 Å². The van der Waals surface area contributed by atoms with Crippen molar-refractivity contribution in [3.8, 4) is 0 Å². The highest BCUT2D eigenvalue weighted by molar-refractivity contribution is 6.23. The Bertz CT molecular complexity index is 585. The molecule has 4 aliphatic carbocycles. The lowest BCUT2D eigenvalue weighted by Gasteiger charge is -2.62. The fourth-order valence-electron chi connectivity index (χ4n) is 9.37. The molecule has 0 heterocycles. The van der Waals surface area contributed by atoms with Crippen LogP contribution in [0.1, 0.15) is 112 Å². The minimum Gasteiger partial charge on any atom is -0.393 e. The molecule has 168 valence electrons. The summed E-state index contributed by atoms with van der Waals surface area (Å²) in [4.78, 5) is -0.0597. The van der Waals surface area contributed by atoms with E-state index in [1.54, 1.807) is 0 Å². The Hall–Kier alpha value is 0.250. The molecule has 0 bridgehead atoms. The Morgan fingerprint density at radius 3 is 2.41 bits per heavy atom. The molecule has 0 aromatic rings. The number of alkyl halides is 1. The third-order valence-corrected chi connectivity index (χ3v) is 11.2. The molecule has 4 fully saturated rings. The maximum atomic E-state index is 11.2. The van der Waals surface area contributed by atoms with E-state index >= 15 is 0 Å². The van der Waals surface area contributed by atoms with Gasteiger partial charge >= 0.3 is 0 Å². The molecule has 1 N–H and O–H groups in total. The van der Waals surface area contributed by atoms with Crippen LogP contribution >= 0.6 is 11.6 Å². The van der Waals surface area contributed by atoms with Gasteiger partial charge in [0.1, 0.15) is 0 Å². The van der Waals surface area contributed by atoms with Gasteiger partial charge in [-0.3, -0.25) is 0 Å². The van der Waals surface area contributed by atoms with E-state index in [9.17, 15) is 5.11 Å². The van der Waals surface area contributed by atoms with Crippen molar-refractivity contribution in [2.45, 2.75) is 123 Å². The third-order valence-electron chi connectivity index (χ3n) is 10.8. The van der Waals surface area contributed by atoms with Crippen molar-refractivity contribution in [1.29, 1.82) is 0 Å². The number of aliphatic hydroxyl groups excluding tert-OH is 1. The highest BCUT2D eigenvalue weighted by Gasteiger charge is 2.63. The monoisotopic (exact) mass is 422 g/mol. The summed E-state index contributed by atoms with van der Waals surface area (Å²) in [5.74, 6) is 4.34. The minimum atomic E-state index is -0.0597. The SMILES string of the molecule is CC(C)CCC[C@](C)(Cl)[C@H]1CC[C@H]2[C@@H]3C[C@@H](O)C4CCCC[C@]4(C)[C@H]3CC[C@@]21C. The second-order valence-corrected chi connectivity index (χ2v) is 13.6. The van der Waals surface area contributed by atoms with Gasteiger partial charge in [0.2, 0.25) is 0 Å². The zero-order valence-electron chi connectivity index (χ0n) is 19.9. The normalized spacial score (nSPS) is 49.2. The Kier molecular flexibility index (Phi) is 6.18. The van der Waals surface area contributed by atoms with E-state index in [4.69, 9.17) is 11.6 Å². The van der Waals surface area contributed by atoms with Crippen LogP contribution in [0.5, 0.6) is 0 Å². The predicted molar refractivity (Wildman–Crippen MR) is 124 cm³/mol. The van der Waals surface area contributed by atoms with Crippen LogP contribution in [0.25, 0.3) is 0 Å². The van der Waals surface area contributed by atoms with Crippen molar-refractivity contribution in [3.05, 3.63) is 0 Å². The van der Waals surface area contributed by atoms with Crippen LogP contribution in [0.2, 0.25) is 0 Å². The summed E-state index contributed by atoms with van der Waals surface area (Å²) >= 11 is 7.33. The standard InChI is InChI=1S/C27H47ClO/c1-18(2)9-8-15-27(5,28)24-12-11-20-19-17-23(29)22-10-6-7-14-25(22,3)21(19)13-16-26(20,24)4/h18-24,29H,6-17H2,1-5H3/t19-,20-,21-,22?,23+,24-,25+,26-,27-/m0/s1. The van der Waals surface area contributed by atoms with E-state index in [2.05, 4.69) is 34.6 Å². The molecule has 4 aliphatic rings. The first kappa shape index (κ1) is 22.4. The van der Waals surface area contributed by atoms with Crippen LogP contribution in [0.15, 0.2) is 0 Å². The van der Waals surface area contributed by atoms with E-state index in [1.165, 1.54) is 64.2 Å². The van der Waals surface area contributed by atoms with Gasteiger partial charge in [0.05, 0.1) is 6.10 Å². The molecule has 0 aromatic heterocycles. The third kappa shape index (κ3) is 3.73. The number of halogens is 1. The van der Waals surface area contributed by atoms with E-state index in [-0.39, 0.29) is 11.0 Å². The number of aliphatic hydroxyl groups is 1. The van der Waals surface area contributed by atoms with Crippen molar-refractivity contribution in [1.82, 2.24) is 0 Å². The van der Waals surface area contributed by atoms with Gasteiger partial charge in [-0.25, -0.2) is 0 Å². The van der Waals surface area contributed by atoms with Gasteiger partial charge in [-0.2, -0.15) is 0 Å². The fraction of sp³-hybridized carbons (Fsp3) is 1.00. The van der Waals surface area contributed by atoms with Crippen molar-refractivity contribution in [2.24, 2.45) is 46.3 Å². The van der Waals surface area contributed by atoms with E-state index < -0.39 is 0 Å². The molecule has 0 aliphatic heterocycles. The molecule has 0 radical (unpaired) electrons. The average molecular weight is 423 g/mol. The summed E-state index contributed by atoms with van der Waals surface area (Å²) in [6.45, 7) is 12.2. The van der Waals surface area contributed by atoms with Crippen LogP contribution in [-0.4, -0.2) is 16.1 Å². The lowest BCUT2D eigenvalue weighted by molar-refractivity contribution is -0.158. The van der Waals surface area contributed by atoms with Crippen LogP contribution in [-0.2, 0) is 0 Å². The lowest BCUT2D eigenvalue weighted by Crippen LogP contribution is -2.57. The molecule has 4 rings (SSSR count). The minimum absolute atomic E-state index is 0.0589. The smallest absolute Gasteiger partial charge is 0.0576 e. The molecule has 0 spiro atoms. The van der Waals surface area contributed by atoms with E-state index in [1.807, 2.05) is 0 Å². The quantitative estimate of drug-likeness (QED) is 0.447. The highest BCUT2D eigenvalue weighted by Crippen LogP contribution is 2.69. The first-order chi connectivity index (χ1) is 13.6. The van der Waals surface area contributed by atoms with Crippen molar-refractivity contribution < 1.29 is 5.11 Å². The van der Waals surface area contributed by atoms with Crippen LogP contribution in [0, 0.1) is 46.3 Å². The molecule has 29 heavy (non-hydrogen) atoms. The summed E-state index contributed by atoms with van der Waals surface area (Å²) in [5, 5.41) is 11.2. The summed E-state index contributed by atoms with van der Waals surface area (Å²) in [6.07, 6.45) is 15.5. The maximum absolute atomic E-state index is 11.2.